The number of nitrogens with one attached hydrogen (secondary N) is 1. The predicted molar refractivity (Wildman–Crippen MR) is 66.7 cm³/mol. The van der Waals surface area contributed by atoms with Gasteiger partial charge < -0.3 is 10.1 Å². The summed E-state index contributed by atoms with van der Waals surface area (Å²) in [4.78, 5) is 0. The van der Waals surface area contributed by atoms with Crippen LogP contribution >= 0.6 is 0 Å². The Morgan fingerprint density at radius 2 is 2.00 bits per heavy atom. The standard InChI is InChI=1S/C14H17F4NO/c1-20-13(5-2-6-13)9-19-8-10-3-4-12(15)11(7-10)14(16,17)18/h3-4,7,19H,2,5-6,8-9H2,1H3. The van der Waals surface area contributed by atoms with Crippen LogP contribution in [0.2, 0.25) is 0 Å². The second-order valence-corrected chi connectivity index (χ2v) is 5.16. The molecule has 0 aliphatic heterocycles. The normalized spacial score (nSPS) is 17.9. The van der Waals surface area contributed by atoms with E-state index in [0.29, 0.717) is 12.1 Å². The van der Waals surface area contributed by atoms with E-state index in [4.69, 9.17) is 4.74 Å². The number of benzene rings is 1. The van der Waals surface area contributed by atoms with Crippen molar-refractivity contribution in [3.05, 3.63) is 35.1 Å². The number of hydrogen-bond donors (Lipinski definition) is 1. The van der Waals surface area contributed by atoms with E-state index in [-0.39, 0.29) is 12.1 Å². The molecular weight excluding hydrogens is 274 g/mol. The van der Waals surface area contributed by atoms with E-state index in [1.54, 1.807) is 7.11 Å². The van der Waals surface area contributed by atoms with Crippen molar-refractivity contribution in [1.82, 2.24) is 5.32 Å². The number of ether oxygens (including phenoxy) is 1. The minimum Gasteiger partial charge on any atom is -0.377 e. The molecule has 1 aromatic carbocycles. The molecular formula is C14H17F4NO. The van der Waals surface area contributed by atoms with Gasteiger partial charge in [0.2, 0.25) is 0 Å². The van der Waals surface area contributed by atoms with Gasteiger partial charge in [-0.3, -0.25) is 0 Å². The Labute approximate surface area is 115 Å². The minimum atomic E-state index is -4.66. The van der Waals surface area contributed by atoms with Gasteiger partial charge in [0.1, 0.15) is 5.82 Å². The van der Waals surface area contributed by atoms with Gasteiger partial charge >= 0.3 is 6.18 Å². The van der Waals surface area contributed by atoms with Crippen LogP contribution in [0.25, 0.3) is 0 Å². The maximum Gasteiger partial charge on any atom is 0.419 e. The van der Waals surface area contributed by atoms with E-state index in [2.05, 4.69) is 5.32 Å². The lowest BCUT2D eigenvalue weighted by molar-refractivity contribution is -0.140. The SMILES string of the molecule is COC1(CNCc2ccc(F)c(C(F)(F)F)c2)CCC1. The number of alkyl halides is 3. The first-order chi connectivity index (χ1) is 9.36. The molecule has 20 heavy (non-hydrogen) atoms. The highest BCUT2D eigenvalue weighted by atomic mass is 19.4. The van der Waals surface area contributed by atoms with Crippen molar-refractivity contribution < 1.29 is 22.3 Å². The van der Waals surface area contributed by atoms with Gasteiger partial charge in [-0.05, 0) is 37.0 Å². The van der Waals surface area contributed by atoms with Crippen LogP contribution in [0.3, 0.4) is 0 Å². The third-order valence-electron chi connectivity index (χ3n) is 3.81. The molecule has 1 saturated carbocycles. The molecule has 1 N–H and O–H groups in total. The van der Waals surface area contributed by atoms with Gasteiger partial charge in [0.15, 0.2) is 0 Å². The summed E-state index contributed by atoms with van der Waals surface area (Å²) in [5, 5.41) is 3.08. The van der Waals surface area contributed by atoms with Gasteiger partial charge in [-0.1, -0.05) is 6.07 Å². The van der Waals surface area contributed by atoms with E-state index >= 15 is 0 Å². The minimum absolute atomic E-state index is 0.188. The van der Waals surface area contributed by atoms with Gasteiger partial charge in [-0.15, -0.1) is 0 Å². The fraction of sp³-hybridized carbons (Fsp3) is 0.571. The molecule has 6 heteroatoms. The quantitative estimate of drug-likeness (QED) is 0.838. The Balaban J connectivity index is 1.96. The summed E-state index contributed by atoms with van der Waals surface area (Å²) < 4.78 is 56.3. The van der Waals surface area contributed by atoms with E-state index < -0.39 is 17.6 Å². The number of halogens is 4. The highest BCUT2D eigenvalue weighted by Gasteiger charge is 2.36. The van der Waals surface area contributed by atoms with Gasteiger partial charge in [0, 0.05) is 20.2 Å². The molecule has 1 fully saturated rings. The molecule has 0 bridgehead atoms. The lowest BCUT2D eigenvalue weighted by Crippen LogP contribution is -2.47. The molecule has 0 atom stereocenters. The van der Waals surface area contributed by atoms with Crippen molar-refractivity contribution in [3.63, 3.8) is 0 Å². The zero-order valence-electron chi connectivity index (χ0n) is 11.2. The third-order valence-corrected chi connectivity index (χ3v) is 3.81. The highest BCUT2D eigenvalue weighted by molar-refractivity contribution is 5.27. The molecule has 112 valence electrons. The molecule has 1 aromatic rings. The molecule has 0 heterocycles. The smallest absolute Gasteiger partial charge is 0.377 e. The van der Waals surface area contributed by atoms with Crippen LogP contribution in [0.1, 0.15) is 30.4 Å². The van der Waals surface area contributed by atoms with Crippen LogP contribution in [-0.4, -0.2) is 19.3 Å². The Hall–Kier alpha value is -1.14. The number of rotatable bonds is 5. The van der Waals surface area contributed by atoms with E-state index in [0.717, 1.165) is 31.4 Å². The highest BCUT2D eigenvalue weighted by Crippen LogP contribution is 2.34. The lowest BCUT2D eigenvalue weighted by atomic mass is 9.80. The molecule has 0 amide bonds. The van der Waals surface area contributed by atoms with Gasteiger partial charge in [-0.2, -0.15) is 13.2 Å². The summed E-state index contributed by atoms with van der Waals surface area (Å²) in [6.07, 6.45) is -1.66. The average Bonchev–Trinajstić information content (AvgIpc) is 2.33. The van der Waals surface area contributed by atoms with Crippen molar-refractivity contribution in [2.45, 2.75) is 37.6 Å². The Morgan fingerprint density at radius 3 is 2.50 bits per heavy atom. The molecule has 1 aliphatic rings. The zero-order valence-corrected chi connectivity index (χ0v) is 11.2. The largest absolute Gasteiger partial charge is 0.419 e. The van der Waals surface area contributed by atoms with Gasteiger partial charge in [0.25, 0.3) is 0 Å². The number of hydrogen-bond acceptors (Lipinski definition) is 2. The molecule has 2 rings (SSSR count). The summed E-state index contributed by atoms with van der Waals surface area (Å²) in [5.74, 6) is -1.24. The summed E-state index contributed by atoms with van der Waals surface area (Å²) in [6.45, 7) is 0.844. The van der Waals surface area contributed by atoms with Crippen LogP contribution < -0.4 is 5.32 Å². The maximum atomic E-state index is 13.1. The first-order valence-electron chi connectivity index (χ1n) is 6.48. The summed E-state index contributed by atoms with van der Waals surface area (Å²) in [5.41, 5.74) is -1.00. The third kappa shape index (κ3) is 3.30. The first-order valence-corrected chi connectivity index (χ1v) is 6.48. The fourth-order valence-electron chi connectivity index (χ4n) is 2.36. The summed E-state index contributed by atoms with van der Waals surface area (Å²) in [7, 11) is 1.64. The predicted octanol–water partition coefficient (Wildman–Crippen LogP) is 3.50. The monoisotopic (exact) mass is 291 g/mol. The van der Waals surface area contributed by atoms with Gasteiger partial charge in [0.05, 0.1) is 11.2 Å². The van der Waals surface area contributed by atoms with Crippen molar-refractivity contribution in [3.8, 4) is 0 Å². The van der Waals surface area contributed by atoms with Crippen LogP contribution in [0, 0.1) is 5.82 Å². The van der Waals surface area contributed by atoms with Crippen LogP contribution in [-0.2, 0) is 17.5 Å². The average molecular weight is 291 g/mol. The molecule has 0 unspecified atom stereocenters. The summed E-state index contributed by atoms with van der Waals surface area (Å²) >= 11 is 0. The molecule has 0 saturated heterocycles. The fourth-order valence-corrected chi connectivity index (χ4v) is 2.36. The van der Waals surface area contributed by atoms with Crippen LogP contribution in [0.15, 0.2) is 18.2 Å². The topological polar surface area (TPSA) is 21.3 Å². The maximum absolute atomic E-state index is 13.1. The lowest BCUT2D eigenvalue weighted by Gasteiger charge is -2.40. The van der Waals surface area contributed by atoms with Crippen molar-refractivity contribution in [1.29, 1.82) is 0 Å². The Bertz CT molecular complexity index is 463. The molecule has 0 radical (unpaired) electrons. The molecule has 0 spiro atoms. The molecule has 0 aromatic heterocycles. The Kier molecular flexibility index (Phi) is 4.34. The van der Waals surface area contributed by atoms with Crippen molar-refractivity contribution in [2.24, 2.45) is 0 Å². The second-order valence-electron chi connectivity index (χ2n) is 5.16. The van der Waals surface area contributed by atoms with E-state index in [1.165, 1.54) is 6.07 Å². The van der Waals surface area contributed by atoms with Crippen LogP contribution in [0.5, 0.6) is 0 Å². The van der Waals surface area contributed by atoms with Crippen LogP contribution in [0.4, 0.5) is 17.6 Å². The van der Waals surface area contributed by atoms with Gasteiger partial charge in [-0.25, -0.2) is 4.39 Å². The Morgan fingerprint density at radius 1 is 1.30 bits per heavy atom. The number of methoxy groups -OCH3 is 1. The molecule has 1 aliphatic carbocycles. The van der Waals surface area contributed by atoms with Crippen molar-refractivity contribution >= 4 is 0 Å². The second kappa shape index (κ2) is 5.69. The van der Waals surface area contributed by atoms with Crippen molar-refractivity contribution in [2.75, 3.05) is 13.7 Å². The van der Waals surface area contributed by atoms with E-state index in [9.17, 15) is 17.6 Å². The first kappa shape index (κ1) is 15.3. The molecule has 2 nitrogen and oxygen atoms in total. The van der Waals surface area contributed by atoms with E-state index in [1.807, 2.05) is 0 Å². The summed E-state index contributed by atoms with van der Waals surface area (Å²) in [6, 6.07) is 3.07. The zero-order chi connectivity index (χ0) is 14.8.